The molecule has 21 heavy (non-hydrogen) atoms. The van der Waals surface area contributed by atoms with Crippen LogP contribution in [0, 0.1) is 0 Å². The molecule has 1 aromatic heterocycles. The second-order valence-corrected chi connectivity index (χ2v) is 4.63. The molecule has 1 heterocycles. The van der Waals surface area contributed by atoms with Gasteiger partial charge in [0.2, 0.25) is 0 Å². The van der Waals surface area contributed by atoms with Crippen molar-refractivity contribution in [2.45, 2.75) is 39.8 Å². The van der Waals surface area contributed by atoms with Gasteiger partial charge in [0.25, 0.3) is 0 Å². The SMILES string of the molecule is CCCc1nc(-c2ccccc2OC(F)F)c(N)n1CC. The van der Waals surface area contributed by atoms with Crippen LogP contribution in [-0.2, 0) is 13.0 Å². The third-order valence-corrected chi connectivity index (χ3v) is 3.23. The van der Waals surface area contributed by atoms with E-state index in [1.807, 2.05) is 11.5 Å². The number of nitrogens with zero attached hydrogens (tertiary/aromatic N) is 2. The number of benzene rings is 1. The predicted octanol–water partition coefficient (Wildman–Crippen LogP) is 3.71. The second-order valence-electron chi connectivity index (χ2n) is 4.63. The van der Waals surface area contributed by atoms with Crippen LogP contribution in [0.15, 0.2) is 24.3 Å². The van der Waals surface area contributed by atoms with E-state index < -0.39 is 6.61 Å². The lowest BCUT2D eigenvalue weighted by Crippen LogP contribution is -2.05. The fourth-order valence-corrected chi connectivity index (χ4v) is 2.34. The number of hydrogen-bond donors (Lipinski definition) is 1. The van der Waals surface area contributed by atoms with Gasteiger partial charge in [-0.1, -0.05) is 19.1 Å². The summed E-state index contributed by atoms with van der Waals surface area (Å²) >= 11 is 0. The predicted molar refractivity (Wildman–Crippen MR) is 78.4 cm³/mol. The highest BCUT2D eigenvalue weighted by Gasteiger charge is 2.19. The molecule has 0 spiro atoms. The zero-order valence-electron chi connectivity index (χ0n) is 12.1. The van der Waals surface area contributed by atoms with Crippen molar-refractivity contribution in [1.29, 1.82) is 0 Å². The van der Waals surface area contributed by atoms with Crippen LogP contribution in [0.3, 0.4) is 0 Å². The highest BCUT2D eigenvalue weighted by molar-refractivity contribution is 5.76. The van der Waals surface area contributed by atoms with Crippen LogP contribution in [0.5, 0.6) is 5.75 Å². The summed E-state index contributed by atoms with van der Waals surface area (Å²) in [5.74, 6) is 1.42. The molecule has 0 saturated heterocycles. The topological polar surface area (TPSA) is 53.1 Å². The van der Waals surface area contributed by atoms with Crippen molar-refractivity contribution in [3.63, 3.8) is 0 Å². The molecule has 0 atom stereocenters. The Morgan fingerprint density at radius 3 is 2.62 bits per heavy atom. The molecular weight excluding hydrogens is 276 g/mol. The summed E-state index contributed by atoms with van der Waals surface area (Å²) in [5, 5.41) is 0. The second kappa shape index (κ2) is 6.56. The van der Waals surface area contributed by atoms with Crippen molar-refractivity contribution >= 4 is 5.82 Å². The first-order chi connectivity index (χ1) is 10.1. The van der Waals surface area contributed by atoms with Crippen molar-refractivity contribution in [1.82, 2.24) is 9.55 Å². The molecule has 0 saturated carbocycles. The monoisotopic (exact) mass is 295 g/mol. The van der Waals surface area contributed by atoms with E-state index in [-0.39, 0.29) is 5.75 Å². The highest BCUT2D eigenvalue weighted by Crippen LogP contribution is 2.34. The van der Waals surface area contributed by atoms with Crippen LogP contribution in [0.25, 0.3) is 11.3 Å². The van der Waals surface area contributed by atoms with Gasteiger partial charge in [0.15, 0.2) is 0 Å². The summed E-state index contributed by atoms with van der Waals surface area (Å²) in [6.07, 6.45) is 1.72. The summed E-state index contributed by atoms with van der Waals surface area (Å²) in [7, 11) is 0. The minimum Gasteiger partial charge on any atom is -0.434 e. The average Bonchev–Trinajstić information content (AvgIpc) is 2.75. The van der Waals surface area contributed by atoms with Crippen LogP contribution in [0.4, 0.5) is 14.6 Å². The van der Waals surface area contributed by atoms with E-state index in [0.717, 1.165) is 18.7 Å². The van der Waals surface area contributed by atoms with Gasteiger partial charge in [0, 0.05) is 18.5 Å². The van der Waals surface area contributed by atoms with Crippen LogP contribution in [0.1, 0.15) is 26.1 Å². The lowest BCUT2D eigenvalue weighted by Gasteiger charge is -2.09. The molecule has 1 aromatic carbocycles. The van der Waals surface area contributed by atoms with E-state index in [4.69, 9.17) is 5.73 Å². The minimum absolute atomic E-state index is 0.0861. The number of alkyl halides is 2. The van der Waals surface area contributed by atoms with Crippen molar-refractivity contribution in [3.05, 3.63) is 30.1 Å². The Morgan fingerprint density at radius 1 is 1.29 bits per heavy atom. The summed E-state index contributed by atoms with van der Waals surface area (Å²) in [5.41, 5.74) is 7.12. The number of nitrogen functional groups attached to an aromatic ring is 1. The van der Waals surface area contributed by atoms with Gasteiger partial charge in [-0.15, -0.1) is 0 Å². The number of nitrogens with two attached hydrogens (primary N) is 1. The molecule has 0 amide bonds. The van der Waals surface area contributed by atoms with E-state index in [0.29, 0.717) is 23.6 Å². The van der Waals surface area contributed by atoms with Crippen LogP contribution >= 0.6 is 0 Å². The molecule has 2 N–H and O–H groups in total. The van der Waals surface area contributed by atoms with Crippen molar-refractivity contribution in [2.24, 2.45) is 0 Å². The Bertz CT molecular complexity index is 611. The summed E-state index contributed by atoms with van der Waals surface area (Å²) in [4.78, 5) is 4.52. The zero-order valence-corrected chi connectivity index (χ0v) is 12.1. The molecule has 0 aliphatic carbocycles. The number of imidazole rings is 1. The molecule has 0 radical (unpaired) electrons. The number of ether oxygens (including phenoxy) is 1. The lowest BCUT2D eigenvalue weighted by atomic mass is 10.1. The standard InChI is InChI=1S/C15H19F2N3O/c1-3-7-12-19-13(14(18)20(12)4-2)10-8-5-6-9-11(10)21-15(16)17/h5-6,8-9,15H,3-4,7,18H2,1-2H3. The molecular formula is C15H19F2N3O. The Kier molecular flexibility index (Phi) is 4.77. The van der Waals surface area contributed by atoms with Gasteiger partial charge in [-0.2, -0.15) is 8.78 Å². The van der Waals surface area contributed by atoms with Gasteiger partial charge in [-0.3, -0.25) is 0 Å². The molecule has 0 aliphatic heterocycles. The maximum Gasteiger partial charge on any atom is 0.387 e. The molecule has 0 unspecified atom stereocenters. The maximum atomic E-state index is 12.5. The number of para-hydroxylation sites is 1. The number of hydrogen-bond acceptors (Lipinski definition) is 3. The normalized spacial score (nSPS) is 11.1. The van der Waals surface area contributed by atoms with Crippen LogP contribution in [0.2, 0.25) is 0 Å². The number of rotatable bonds is 6. The summed E-state index contributed by atoms with van der Waals surface area (Å²) < 4.78 is 31.5. The van der Waals surface area contributed by atoms with Crippen LogP contribution < -0.4 is 10.5 Å². The highest BCUT2D eigenvalue weighted by atomic mass is 19.3. The third kappa shape index (κ3) is 3.15. The molecule has 0 bridgehead atoms. The molecule has 6 heteroatoms. The smallest absolute Gasteiger partial charge is 0.387 e. The number of halogens is 2. The summed E-state index contributed by atoms with van der Waals surface area (Å²) in [6, 6.07) is 6.57. The van der Waals surface area contributed by atoms with E-state index in [9.17, 15) is 8.78 Å². The zero-order chi connectivity index (χ0) is 15.4. The first kappa shape index (κ1) is 15.3. The number of aryl methyl sites for hydroxylation is 1. The first-order valence-electron chi connectivity index (χ1n) is 6.97. The third-order valence-electron chi connectivity index (χ3n) is 3.23. The fraction of sp³-hybridized carbons (Fsp3) is 0.400. The van der Waals surface area contributed by atoms with Crippen molar-refractivity contribution in [3.8, 4) is 17.0 Å². The number of anilines is 1. The quantitative estimate of drug-likeness (QED) is 0.884. The average molecular weight is 295 g/mol. The Hall–Kier alpha value is -2.11. The van der Waals surface area contributed by atoms with Crippen LogP contribution in [-0.4, -0.2) is 16.2 Å². The van der Waals surface area contributed by atoms with Gasteiger partial charge in [0.1, 0.15) is 23.1 Å². The fourth-order valence-electron chi connectivity index (χ4n) is 2.34. The molecule has 2 rings (SSSR count). The van der Waals surface area contributed by atoms with Gasteiger partial charge in [-0.05, 0) is 25.5 Å². The van der Waals surface area contributed by atoms with Gasteiger partial charge < -0.3 is 15.0 Å². The maximum absolute atomic E-state index is 12.5. The van der Waals surface area contributed by atoms with Crippen molar-refractivity contribution < 1.29 is 13.5 Å². The largest absolute Gasteiger partial charge is 0.434 e. The number of aromatic nitrogens is 2. The molecule has 0 aliphatic rings. The molecule has 4 nitrogen and oxygen atoms in total. The molecule has 114 valence electrons. The Balaban J connectivity index is 2.51. The van der Waals surface area contributed by atoms with Gasteiger partial charge in [-0.25, -0.2) is 4.98 Å². The molecule has 0 fully saturated rings. The van der Waals surface area contributed by atoms with Crippen molar-refractivity contribution in [2.75, 3.05) is 5.73 Å². The van der Waals surface area contributed by atoms with E-state index in [2.05, 4.69) is 16.6 Å². The first-order valence-corrected chi connectivity index (χ1v) is 6.97. The van der Waals surface area contributed by atoms with E-state index >= 15 is 0 Å². The lowest BCUT2D eigenvalue weighted by molar-refractivity contribution is -0.0494. The van der Waals surface area contributed by atoms with E-state index in [1.54, 1.807) is 18.2 Å². The van der Waals surface area contributed by atoms with Gasteiger partial charge in [0.05, 0.1) is 0 Å². The van der Waals surface area contributed by atoms with Gasteiger partial charge >= 0.3 is 6.61 Å². The van der Waals surface area contributed by atoms with E-state index in [1.165, 1.54) is 6.07 Å². The minimum atomic E-state index is -2.88. The molecule has 2 aromatic rings. The summed E-state index contributed by atoms with van der Waals surface area (Å²) in [6.45, 7) is 1.84. The Morgan fingerprint density at radius 2 is 2.00 bits per heavy atom. The Labute approximate surface area is 122 Å².